The fourth-order valence-electron chi connectivity index (χ4n) is 3.18. The molecule has 0 aliphatic carbocycles. The van der Waals surface area contributed by atoms with Crippen molar-refractivity contribution in [3.63, 3.8) is 0 Å². The van der Waals surface area contributed by atoms with Gasteiger partial charge < -0.3 is 16.0 Å². The van der Waals surface area contributed by atoms with Crippen LogP contribution in [0.3, 0.4) is 0 Å². The van der Waals surface area contributed by atoms with Gasteiger partial charge in [-0.05, 0) is 37.6 Å². The number of rotatable bonds is 7. The summed E-state index contributed by atoms with van der Waals surface area (Å²) in [5.74, 6) is 1.94. The van der Waals surface area contributed by atoms with E-state index in [1.807, 2.05) is 30.0 Å². The van der Waals surface area contributed by atoms with Crippen molar-refractivity contribution in [2.75, 3.05) is 30.7 Å². The second-order valence-electron chi connectivity index (χ2n) is 6.84. The number of carbonyl (C=O) groups excluding carboxylic acids is 1. The van der Waals surface area contributed by atoms with Gasteiger partial charge in [0.2, 0.25) is 5.91 Å². The molecule has 1 atom stereocenters. The van der Waals surface area contributed by atoms with Crippen LogP contribution in [0.2, 0.25) is 0 Å². The van der Waals surface area contributed by atoms with E-state index >= 15 is 0 Å². The van der Waals surface area contributed by atoms with Crippen LogP contribution < -0.4 is 16.0 Å². The molecule has 3 rings (SSSR count). The zero-order chi connectivity index (χ0) is 19.8. The summed E-state index contributed by atoms with van der Waals surface area (Å²) in [4.78, 5) is 18.0. The van der Waals surface area contributed by atoms with Crippen LogP contribution in [-0.2, 0) is 4.79 Å². The first-order valence-corrected chi connectivity index (χ1v) is 10.7. The van der Waals surface area contributed by atoms with E-state index in [1.54, 1.807) is 0 Å². The Morgan fingerprint density at radius 3 is 2.69 bits per heavy atom. The Labute approximate surface area is 194 Å². The number of halogens is 1. The van der Waals surface area contributed by atoms with Gasteiger partial charge in [0.1, 0.15) is 0 Å². The fraction of sp³-hybridized carbons (Fsp3) is 0.364. The monoisotopic (exact) mass is 524 g/mol. The molecule has 0 saturated heterocycles. The molecule has 29 heavy (non-hydrogen) atoms. The van der Waals surface area contributed by atoms with Gasteiger partial charge >= 0.3 is 0 Å². The third-order valence-corrected chi connectivity index (χ3v) is 5.62. The summed E-state index contributed by atoms with van der Waals surface area (Å²) in [7, 11) is 0. The number of hydrogen-bond donors (Lipinski definition) is 3. The molecule has 0 aromatic heterocycles. The summed E-state index contributed by atoms with van der Waals surface area (Å²) in [5, 5.41) is 9.63. The number of aliphatic imine (C=N–C) groups is 1. The van der Waals surface area contributed by atoms with Crippen molar-refractivity contribution in [3.8, 4) is 0 Å². The third kappa shape index (κ3) is 7.22. The summed E-state index contributed by atoms with van der Waals surface area (Å²) < 4.78 is 0. The zero-order valence-electron chi connectivity index (χ0n) is 16.9. The van der Waals surface area contributed by atoms with Gasteiger partial charge in [-0.15, -0.1) is 35.7 Å². The maximum atomic E-state index is 12.0. The van der Waals surface area contributed by atoms with Crippen LogP contribution in [0.15, 0.2) is 58.4 Å². The number of aryl methyl sites for hydroxylation is 1. The number of nitrogens with one attached hydrogen (secondary N) is 3. The van der Waals surface area contributed by atoms with Crippen LogP contribution in [0, 0.1) is 6.92 Å². The van der Waals surface area contributed by atoms with Gasteiger partial charge in [-0.1, -0.05) is 35.9 Å². The highest BCUT2D eigenvalue weighted by Gasteiger charge is 2.24. The summed E-state index contributed by atoms with van der Waals surface area (Å²) >= 11 is 1.83. The maximum absolute atomic E-state index is 12.0. The number of nitrogens with zero attached hydrogens (tertiary/aromatic N) is 1. The number of anilines is 1. The standard InChI is InChI=1S/C22H28N4OS.HI/c1-3-23-22(24-12-13-28-18-10-8-16(2)9-11-18)25-15-17-14-21(27)26-20-7-5-4-6-19(17)20;/h4-11,17H,3,12-15H2,1-2H3,(H,26,27)(H2,23,24,25);1H. The highest BCUT2D eigenvalue weighted by atomic mass is 127. The van der Waals surface area contributed by atoms with Gasteiger partial charge in [-0.25, -0.2) is 0 Å². The molecule has 1 aliphatic heterocycles. The van der Waals surface area contributed by atoms with E-state index in [0.717, 1.165) is 36.1 Å². The molecule has 0 bridgehead atoms. The van der Waals surface area contributed by atoms with Crippen molar-refractivity contribution < 1.29 is 4.79 Å². The highest BCUT2D eigenvalue weighted by molar-refractivity contribution is 14.0. The highest BCUT2D eigenvalue weighted by Crippen LogP contribution is 2.31. The van der Waals surface area contributed by atoms with E-state index in [0.29, 0.717) is 13.0 Å². The fourth-order valence-corrected chi connectivity index (χ4v) is 3.95. The number of para-hydroxylation sites is 1. The lowest BCUT2D eigenvalue weighted by Crippen LogP contribution is -2.39. The molecule has 7 heteroatoms. The zero-order valence-corrected chi connectivity index (χ0v) is 20.1. The van der Waals surface area contributed by atoms with Crippen LogP contribution in [-0.4, -0.2) is 37.3 Å². The molecular weight excluding hydrogens is 495 g/mol. The Bertz CT molecular complexity index is 826. The summed E-state index contributed by atoms with van der Waals surface area (Å²) in [6.45, 7) is 6.38. The van der Waals surface area contributed by atoms with Crippen LogP contribution in [0.4, 0.5) is 5.69 Å². The lowest BCUT2D eigenvalue weighted by Gasteiger charge is -2.24. The van der Waals surface area contributed by atoms with Gasteiger partial charge in [0.15, 0.2) is 5.96 Å². The predicted molar refractivity (Wildman–Crippen MR) is 134 cm³/mol. The van der Waals surface area contributed by atoms with E-state index in [1.165, 1.54) is 10.5 Å². The smallest absolute Gasteiger partial charge is 0.225 e. The number of guanidine groups is 1. The second-order valence-corrected chi connectivity index (χ2v) is 8.01. The van der Waals surface area contributed by atoms with Crippen molar-refractivity contribution in [1.82, 2.24) is 10.6 Å². The lowest BCUT2D eigenvalue weighted by molar-refractivity contribution is -0.116. The Kier molecular flexibility index (Phi) is 9.80. The molecule has 3 N–H and O–H groups in total. The quantitative estimate of drug-likeness (QED) is 0.165. The molecule has 1 amide bonds. The first-order valence-electron chi connectivity index (χ1n) is 9.76. The summed E-state index contributed by atoms with van der Waals surface area (Å²) in [6, 6.07) is 16.6. The number of amides is 1. The van der Waals surface area contributed by atoms with Gasteiger partial charge in [-0.3, -0.25) is 9.79 Å². The number of hydrogen-bond acceptors (Lipinski definition) is 3. The Morgan fingerprint density at radius 1 is 1.17 bits per heavy atom. The minimum Gasteiger partial charge on any atom is -0.357 e. The van der Waals surface area contributed by atoms with Crippen molar-refractivity contribution in [2.45, 2.75) is 31.1 Å². The molecule has 2 aromatic carbocycles. The molecule has 2 aromatic rings. The Balaban J connectivity index is 0.00000300. The van der Waals surface area contributed by atoms with Crippen molar-refractivity contribution >= 4 is 53.3 Å². The minimum atomic E-state index is 0. The van der Waals surface area contributed by atoms with E-state index in [-0.39, 0.29) is 35.8 Å². The van der Waals surface area contributed by atoms with Gasteiger partial charge in [0.05, 0.1) is 6.54 Å². The maximum Gasteiger partial charge on any atom is 0.225 e. The van der Waals surface area contributed by atoms with Crippen LogP contribution >= 0.6 is 35.7 Å². The topological polar surface area (TPSA) is 65.5 Å². The van der Waals surface area contributed by atoms with Crippen molar-refractivity contribution in [1.29, 1.82) is 0 Å². The molecule has 0 saturated carbocycles. The number of carbonyl (C=O) groups is 1. The second kappa shape index (κ2) is 12.1. The molecule has 0 fully saturated rings. The molecule has 1 heterocycles. The summed E-state index contributed by atoms with van der Waals surface area (Å²) in [5.41, 5.74) is 3.35. The molecule has 1 unspecified atom stereocenters. The molecule has 0 radical (unpaired) electrons. The average Bonchev–Trinajstić information content (AvgIpc) is 2.70. The van der Waals surface area contributed by atoms with Crippen molar-refractivity contribution in [3.05, 3.63) is 59.7 Å². The number of thioether (sulfide) groups is 1. The largest absolute Gasteiger partial charge is 0.357 e. The van der Waals surface area contributed by atoms with E-state index in [4.69, 9.17) is 4.99 Å². The first kappa shape index (κ1) is 23.5. The molecular formula is C22H29IN4OS. The van der Waals surface area contributed by atoms with Crippen molar-refractivity contribution in [2.24, 2.45) is 4.99 Å². The van der Waals surface area contributed by atoms with Crippen LogP contribution in [0.5, 0.6) is 0 Å². The van der Waals surface area contributed by atoms with Gasteiger partial charge in [0.25, 0.3) is 0 Å². The lowest BCUT2D eigenvalue weighted by atomic mass is 9.91. The Hall–Kier alpha value is -1.74. The molecule has 1 aliphatic rings. The molecule has 156 valence electrons. The normalized spacial score (nSPS) is 15.7. The Morgan fingerprint density at radius 2 is 1.93 bits per heavy atom. The van der Waals surface area contributed by atoms with Crippen LogP contribution in [0.1, 0.15) is 30.4 Å². The molecule has 5 nitrogen and oxygen atoms in total. The first-order chi connectivity index (χ1) is 13.7. The van der Waals surface area contributed by atoms with E-state index in [2.05, 4.69) is 60.1 Å². The van der Waals surface area contributed by atoms with Gasteiger partial charge in [-0.2, -0.15) is 0 Å². The predicted octanol–water partition coefficient (Wildman–Crippen LogP) is 4.39. The average molecular weight is 524 g/mol. The van der Waals surface area contributed by atoms with Crippen LogP contribution in [0.25, 0.3) is 0 Å². The van der Waals surface area contributed by atoms with E-state index in [9.17, 15) is 4.79 Å². The third-order valence-electron chi connectivity index (χ3n) is 4.60. The van der Waals surface area contributed by atoms with Gasteiger partial charge in [0, 0.05) is 41.8 Å². The number of benzene rings is 2. The number of fused-ring (bicyclic) bond motifs is 1. The molecule has 0 spiro atoms. The SMILES string of the molecule is CCNC(=NCC1CC(=O)Nc2ccccc21)NCCSc1ccc(C)cc1.I. The summed E-state index contributed by atoms with van der Waals surface area (Å²) in [6.07, 6.45) is 0.475. The minimum absolute atomic E-state index is 0. The van der Waals surface area contributed by atoms with E-state index < -0.39 is 0 Å².